The van der Waals surface area contributed by atoms with E-state index in [0.717, 1.165) is 24.7 Å². The molecule has 0 saturated heterocycles. The predicted octanol–water partition coefficient (Wildman–Crippen LogP) is 5.98. The zero-order valence-corrected chi connectivity index (χ0v) is 21.3. The Kier molecular flexibility index (Phi) is 5.91. The Morgan fingerprint density at radius 2 is 1.63 bits per heavy atom. The zero-order valence-electron chi connectivity index (χ0n) is 20.6. The molecule has 208 valence electrons. The number of ketones is 2. The van der Waals surface area contributed by atoms with Crippen molar-refractivity contribution in [2.75, 3.05) is 0 Å². The van der Waals surface area contributed by atoms with Crippen LogP contribution in [-0.2, 0) is 5.54 Å². The molecule has 4 N–H and O–H groups in total. The van der Waals surface area contributed by atoms with Crippen LogP contribution >= 0.6 is 11.6 Å². The highest BCUT2D eigenvalue weighted by molar-refractivity contribution is 6.37. The molecule has 0 bridgehead atoms. The molecule has 0 spiro atoms. The highest BCUT2D eigenvalue weighted by Crippen LogP contribution is 2.56. The molecule has 6 rings (SSSR count). The molecule has 0 saturated carbocycles. The second-order valence-corrected chi connectivity index (χ2v) is 10.0. The van der Waals surface area contributed by atoms with Crippen molar-refractivity contribution in [3.8, 4) is 0 Å². The first kappa shape index (κ1) is 26.8. The monoisotopic (exact) mass is 585 g/mol. The van der Waals surface area contributed by atoms with Crippen molar-refractivity contribution >= 4 is 45.2 Å². The number of nitrogens with zero attached hydrogens (tertiary/aromatic N) is 2. The summed E-state index contributed by atoms with van der Waals surface area (Å²) in [6.07, 6.45) is 4.39. The molecule has 41 heavy (non-hydrogen) atoms. The number of pyridine rings is 2. The minimum Gasteiger partial charge on any atom is -0.345 e. The van der Waals surface area contributed by atoms with Crippen LogP contribution in [0.4, 0.5) is 22.0 Å². The lowest BCUT2D eigenvalue weighted by Crippen LogP contribution is -2.65. The van der Waals surface area contributed by atoms with E-state index in [1.54, 1.807) is 0 Å². The van der Waals surface area contributed by atoms with E-state index >= 15 is 17.6 Å². The van der Waals surface area contributed by atoms with Gasteiger partial charge in [-0.1, -0.05) is 41.9 Å². The van der Waals surface area contributed by atoms with E-state index in [0.29, 0.717) is 6.08 Å². The van der Waals surface area contributed by atoms with Crippen molar-refractivity contribution in [2.24, 2.45) is 11.7 Å². The van der Waals surface area contributed by atoms with Crippen molar-refractivity contribution in [1.29, 1.82) is 0 Å². The molecule has 5 aromatic rings. The minimum atomic E-state index is -4.75. The number of benzene rings is 1. The number of carbonyl (C=O) groups is 2. The number of Topliss-reactive ketones (excluding diaryl/α,β-unsaturated/α-hetero) is 2. The number of alkyl halides is 4. The number of hydrogen-bond acceptors (Lipinski definition) is 5. The molecular formula is C28H17ClF5N5O2. The number of halogens is 6. The lowest BCUT2D eigenvalue weighted by molar-refractivity contribution is -0.173. The number of H-pyrrole nitrogens is 2. The first-order chi connectivity index (χ1) is 19.4. The second kappa shape index (κ2) is 9.05. The molecule has 0 fully saturated rings. The molecule has 7 nitrogen and oxygen atoms in total. The fourth-order valence-corrected chi connectivity index (χ4v) is 5.50. The summed E-state index contributed by atoms with van der Waals surface area (Å²) in [5.74, 6) is -16.9. The van der Waals surface area contributed by atoms with Gasteiger partial charge in [0.25, 0.3) is 11.8 Å². The quantitative estimate of drug-likeness (QED) is 0.173. The smallest absolute Gasteiger partial charge is 0.292 e. The third kappa shape index (κ3) is 3.81. The molecule has 1 aromatic carbocycles. The van der Waals surface area contributed by atoms with Crippen LogP contribution in [0.1, 0.15) is 26.3 Å². The lowest BCUT2D eigenvalue weighted by atomic mass is 9.65. The molecule has 1 aliphatic rings. The number of nitrogens with one attached hydrogen (secondary N) is 2. The topological polar surface area (TPSA) is 118 Å². The van der Waals surface area contributed by atoms with E-state index in [2.05, 4.69) is 19.9 Å². The summed E-state index contributed by atoms with van der Waals surface area (Å²) in [7, 11) is 0. The second-order valence-electron chi connectivity index (χ2n) is 9.64. The summed E-state index contributed by atoms with van der Waals surface area (Å²) in [6.45, 7) is 0. The maximum Gasteiger partial charge on any atom is 0.292 e. The standard InChI is InChI=1S/C28H17ClF5N5O2/c29-19-6-7-36-25-20(19)17(12-39-25)21(40)18-9-26(35,13-4-2-1-3-5-13)28(33,34)23(27(18,31)32)22(41)16-11-38-24-15(16)8-14(30)10-37-24/h1-12,23H,35H2,(H,36,39)(H,37,38). The number of allylic oxidation sites excluding steroid dienone is 1. The molecule has 0 aliphatic heterocycles. The fraction of sp³-hybridized carbons (Fsp3) is 0.143. The van der Waals surface area contributed by atoms with Gasteiger partial charge < -0.3 is 15.7 Å². The van der Waals surface area contributed by atoms with Gasteiger partial charge in [-0.25, -0.2) is 31.9 Å². The normalized spacial score (nSPS) is 21.6. The van der Waals surface area contributed by atoms with Gasteiger partial charge in [-0.2, -0.15) is 0 Å². The Morgan fingerprint density at radius 1 is 0.951 bits per heavy atom. The van der Waals surface area contributed by atoms with E-state index in [-0.39, 0.29) is 38.2 Å². The molecule has 2 atom stereocenters. The zero-order chi connectivity index (χ0) is 29.3. The van der Waals surface area contributed by atoms with Crippen molar-refractivity contribution in [3.63, 3.8) is 0 Å². The predicted molar refractivity (Wildman–Crippen MR) is 140 cm³/mol. The van der Waals surface area contributed by atoms with Gasteiger partial charge >= 0.3 is 0 Å². The van der Waals surface area contributed by atoms with Gasteiger partial charge in [0.2, 0.25) is 0 Å². The maximum atomic E-state index is 16.4. The van der Waals surface area contributed by atoms with E-state index in [4.69, 9.17) is 17.3 Å². The molecule has 4 aromatic heterocycles. The number of hydrogen-bond donors (Lipinski definition) is 3. The molecule has 2 unspecified atom stereocenters. The molecular weight excluding hydrogens is 569 g/mol. The first-order valence-electron chi connectivity index (χ1n) is 12.0. The van der Waals surface area contributed by atoms with Crippen molar-refractivity contribution < 1.29 is 31.5 Å². The SMILES string of the molecule is NC1(c2ccccc2)C=C(C(=O)c2c[nH]c3nccc(Cl)c23)C(F)(F)C(C(=O)c2c[nH]c3ncc(F)cc23)C1(F)F. The van der Waals surface area contributed by atoms with Crippen LogP contribution in [0.3, 0.4) is 0 Å². The number of aromatic amines is 2. The third-order valence-electron chi connectivity index (χ3n) is 7.30. The van der Waals surface area contributed by atoms with Gasteiger partial charge in [-0.15, -0.1) is 0 Å². The number of aromatic nitrogens is 4. The van der Waals surface area contributed by atoms with Crippen LogP contribution < -0.4 is 5.73 Å². The summed E-state index contributed by atoms with van der Waals surface area (Å²) >= 11 is 6.21. The average molecular weight is 586 g/mol. The maximum absolute atomic E-state index is 16.4. The van der Waals surface area contributed by atoms with Crippen LogP contribution in [0.2, 0.25) is 5.02 Å². The summed E-state index contributed by atoms with van der Waals surface area (Å²) in [5.41, 5.74) is 0.391. The summed E-state index contributed by atoms with van der Waals surface area (Å²) < 4.78 is 79.4. The van der Waals surface area contributed by atoms with Crippen molar-refractivity contribution in [1.82, 2.24) is 19.9 Å². The van der Waals surface area contributed by atoms with Crippen LogP contribution in [0.25, 0.3) is 22.1 Å². The largest absolute Gasteiger partial charge is 0.345 e. The van der Waals surface area contributed by atoms with E-state index in [9.17, 15) is 14.0 Å². The highest BCUT2D eigenvalue weighted by atomic mass is 35.5. The van der Waals surface area contributed by atoms with Gasteiger partial charge in [0.05, 0.1) is 22.4 Å². The number of fused-ring (bicyclic) bond motifs is 2. The van der Waals surface area contributed by atoms with E-state index < -0.39 is 51.8 Å². The molecule has 4 heterocycles. The van der Waals surface area contributed by atoms with Crippen LogP contribution in [0.5, 0.6) is 0 Å². The van der Waals surface area contributed by atoms with Crippen LogP contribution in [0.15, 0.2) is 78.9 Å². The summed E-state index contributed by atoms with van der Waals surface area (Å²) in [4.78, 5) is 40.3. The number of rotatable bonds is 5. The molecule has 13 heteroatoms. The minimum absolute atomic E-state index is 0.00678. The Balaban J connectivity index is 1.60. The molecule has 1 aliphatic carbocycles. The Labute approximate surface area is 232 Å². The van der Waals surface area contributed by atoms with Gasteiger partial charge in [0.1, 0.15) is 22.7 Å². The van der Waals surface area contributed by atoms with Crippen molar-refractivity contribution in [2.45, 2.75) is 17.4 Å². The van der Waals surface area contributed by atoms with Gasteiger partial charge in [0, 0.05) is 34.9 Å². The van der Waals surface area contributed by atoms with Gasteiger partial charge in [0.15, 0.2) is 17.5 Å². The molecule has 0 amide bonds. The average Bonchev–Trinajstić information content (AvgIpc) is 3.56. The molecule has 0 radical (unpaired) electrons. The van der Waals surface area contributed by atoms with Crippen LogP contribution in [-0.4, -0.2) is 43.3 Å². The summed E-state index contributed by atoms with van der Waals surface area (Å²) in [6, 6.07) is 8.69. The third-order valence-corrected chi connectivity index (χ3v) is 7.61. The van der Waals surface area contributed by atoms with Crippen LogP contribution in [0, 0.1) is 11.7 Å². The van der Waals surface area contributed by atoms with E-state index in [1.165, 1.54) is 42.6 Å². The number of carbonyl (C=O) groups excluding carboxylic acids is 2. The summed E-state index contributed by atoms with van der Waals surface area (Å²) in [5, 5.41) is -0.315. The van der Waals surface area contributed by atoms with Gasteiger partial charge in [-0.05, 0) is 23.8 Å². The Hall–Kier alpha value is -4.42. The first-order valence-corrected chi connectivity index (χ1v) is 12.4. The Morgan fingerprint density at radius 3 is 2.37 bits per heavy atom. The number of nitrogens with two attached hydrogens (primary N) is 1. The van der Waals surface area contributed by atoms with Gasteiger partial charge in [-0.3, -0.25) is 9.59 Å². The van der Waals surface area contributed by atoms with E-state index in [1.807, 2.05) is 0 Å². The lowest BCUT2D eigenvalue weighted by Gasteiger charge is -2.46. The van der Waals surface area contributed by atoms with Crippen molar-refractivity contribution in [3.05, 3.63) is 106 Å². The fourth-order valence-electron chi connectivity index (χ4n) is 5.26. The Bertz CT molecular complexity index is 1900. The highest BCUT2D eigenvalue weighted by Gasteiger charge is 2.72.